The van der Waals surface area contributed by atoms with Gasteiger partial charge in [-0.2, -0.15) is 0 Å². The Bertz CT molecular complexity index is 462. The maximum atomic E-state index is 6.21. The lowest BCUT2D eigenvalue weighted by molar-refractivity contribution is 0.00578. The third kappa shape index (κ3) is 2.23. The molecular formula is C15H23BN2O2. The first-order valence-corrected chi connectivity index (χ1v) is 7.44. The van der Waals surface area contributed by atoms with Gasteiger partial charge >= 0.3 is 7.12 Å². The quantitative estimate of drug-likeness (QED) is 0.777. The minimum absolute atomic E-state index is 0.176. The molecular weight excluding hydrogens is 251 g/mol. The van der Waals surface area contributed by atoms with E-state index in [2.05, 4.69) is 43.6 Å². The van der Waals surface area contributed by atoms with Crippen molar-refractivity contribution in [1.29, 1.82) is 0 Å². The molecule has 2 fully saturated rings. The monoisotopic (exact) mass is 274 g/mol. The summed E-state index contributed by atoms with van der Waals surface area (Å²) in [6.07, 6.45) is 4.09. The normalized spacial score (nSPS) is 28.1. The number of pyridine rings is 1. The molecule has 1 aromatic heterocycles. The molecule has 0 aromatic carbocycles. The van der Waals surface area contributed by atoms with E-state index >= 15 is 0 Å². The fourth-order valence-electron chi connectivity index (χ4n) is 2.93. The summed E-state index contributed by atoms with van der Waals surface area (Å²) in [4.78, 5) is 6.79. The minimum atomic E-state index is -0.268. The highest BCUT2D eigenvalue weighted by Gasteiger charge is 2.55. The Balaban J connectivity index is 1.81. The summed E-state index contributed by atoms with van der Waals surface area (Å²) >= 11 is 0. The van der Waals surface area contributed by atoms with Crippen molar-refractivity contribution in [2.75, 3.05) is 11.4 Å². The number of nitrogens with zero attached hydrogens (tertiary/aromatic N) is 2. The van der Waals surface area contributed by atoms with Crippen LogP contribution in [0.1, 0.15) is 40.5 Å². The van der Waals surface area contributed by atoms with Gasteiger partial charge in [0, 0.05) is 12.7 Å². The SMILES string of the molecule is CC1(C)OB([C@@H]2CCCN2c2ccccn2)OC1(C)C. The Hall–Kier alpha value is -1.07. The standard InChI is InChI=1S/C15H23BN2O2/c1-14(2)15(3,4)20-16(19-14)12-8-7-11-18(12)13-9-5-6-10-17-13/h5-6,9-10,12H,7-8,11H2,1-4H3/t12-/m0/s1. The molecule has 0 spiro atoms. The fraction of sp³-hybridized carbons (Fsp3) is 0.667. The molecule has 0 bridgehead atoms. The van der Waals surface area contributed by atoms with E-state index in [-0.39, 0.29) is 24.3 Å². The first-order valence-electron chi connectivity index (χ1n) is 7.44. The zero-order chi connectivity index (χ0) is 14.4. The second kappa shape index (κ2) is 4.74. The van der Waals surface area contributed by atoms with Crippen LogP contribution in [0.4, 0.5) is 5.82 Å². The molecule has 3 rings (SSSR count). The van der Waals surface area contributed by atoms with Crippen molar-refractivity contribution in [3.63, 3.8) is 0 Å². The maximum Gasteiger partial charge on any atom is 0.482 e. The molecule has 2 saturated heterocycles. The fourth-order valence-corrected chi connectivity index (χ4v) is 2.93. The Morgan fingerprint density at radius 2 is 1.90 bits per heavy atom. The van der Waals surface area contributed by atoms with Gasteiger partial charge in [0.2, 0.25) is 0 Å². The molecule has 20 heavy (non-hydrogen) atoms. The van der Waals surface area contributed by atoms with Crippen molar-refractivity contribution in [2.24, 2.45) is 0 Å². The molecule has 1 atom stereocenters. The summed E-state index contributed by atoms with van der Waals surface area (Å²) in [7, 11) is -0.176. The molecule has 108 valence electrons. The molecule has 0 amide bonds. The summed E-state index contributed by atoms with van der Waals surface area (Å²) in [6, 6.07) is 6.04. The Kier molecular flexibility index (Phi) is 3.29. The van der Waals surface area contributed by atoms with Gasteiger partial charge in [0.25, 0.3) is 0 Å². The zero-order valence-corrected chi connectivity index (χ0v) is 12.8. The van der Waals surface area contributed by atoms with Gasteiger partial charge < -0.3 is 14.2 Å². The number of rotatable bonds is 2. The average Bonchev–Trinajstić information content (AvgIpc) is 2.94. The van der Waals surface area contributed by atoms with E-state index in [9.17, 15) is 0 Å². The van der Waals surface area contributed by atoms with Gasteiger partial charge in [-0.25, -0.2) is 4.98 Å². The molecule has 1 aromatic rings. The second-order valence-corrected chi connectivity index (χ2v) is 6.72. The summed E-state index contributed by atoms with van der Waals surface area (Å²) in [6.45, 7) is 9.44. The number of hydrogen-bond acceptors (Lipinski definition) is 4. The lowest BCUT2D eigenvalue weighted by atomic mass is 9.76. The van der Waals surface area contributed by atoms with Crippen molar-refractivity contribution in [1.82, 2.24) is 4.98 Å². The summed E-state index contributed by atoms with van der Waals surface area (Å²) in [5, 5.41) is 0. The molecule has 2 aliphatic rings. The molecule has 2 aliphatic heterocycles. The third-order valence-electron chi connectivity index (χ3n) is 4.83. The highest BCUT2D eigenvalue weighted by molar-refractivity contribution is 6.48. The number of hydrogen-bond donors (Lipinski definition) is 0. The summed E-state index contributed by atoms with van der Waals surface area (Å²) in [5.41, 5.74) is -0.536. The topological polar surface area (TPSA) is 34.6 Å². The van der Waals surface area contributed by atoms with Crippen molar-refractivity contribution < 1.29 is 9.31 Å². The number of anilines is 1. The van der Waals surface area contributed by atoms with Crippen molar-refractivity contribution in [3.05, 3.63) is 24.4 Å². The molecule has 4 nitrogen and oxygen atoms in total. The van der Waals surface area contributed by atoms with Crippen LogP contribution < -0.4 is 4.90 Å². The summed E-state index contributed by atoms with van der Waals surface area (Å²) < 4.78 is 12.4. The molecule has 0 saturated carbocycles. The van der Waals surface area contributed by atoms with Crippen LogP contribution in [0, 0.1) is 0 Å². The van der Waals surface area contributed by atoms with Gasteiger partial charge in [-0.1, -0.05) is 6.07 Å². The summed E-state index contributed by atoms with van der Waals surface area (Å²) in [5.74, 6) is 1.27. The van der Waals surface area contributed by atoms with Crippen LogP contribution in [-0.2, 0) is 9.31 Å². The van der Waals surface area contributed by atoms with Crippen LogP contribution in [-0.4, -0.2) is 35.8 Å². The van der Waals surface area contributed by atoms with E-state index in [0.29, 0.717) is 0 Å². The van der Waals surface area contributed by atoms with Gasteiger partial charge in [-0.15, -0.1) is 0 Å². The van der Waals surface area contributed by atoms with E-state index < -0.39 is 0 Å². The van der Waals surface area contributed by atoms with Crippen LogP contribution in [0.2, 0.25) is 0 Å². The largest absolute Gasteiger partial charge is 0.482 e. The molecule has 3 heterocycles. The Morgan fingerprint density at radius 1 is 1.20 bits per heavy atom. The van der Waals surface area contributed by atoms with Crippen molar-refractivity contribution in [2.45, 2.75) is 57.7 Å². The first kappa shape index (κ1) is 13.9. The maximum absolute atomic E-state index is 6.21. The molecule has 0 N–H and O–H groups in total. The van der Waals surface area contributed by atoms with E-state index in [4.69, 9.17) is 9.31 Å². The van der Waals surface area contributed by atoms with Gasteiger partial charge in [-0.05, 0) is 52.7 Å². The smallest absolute Gasteiger partial charge is 0.402 e. The zero-order valence-electron chi connectivity index (χ0n) is 12.8. The lowest BCUT2D eigenvalue weighted by Crippen LogP contribution is -2.44. The predicted molar refractivity (Wildman–Crippen MR) is 80.7 cm³/mol. The third-order valence-corrected chi connectivity index (χ3v) is 4.83. The Labute approximate surface area is 121 Å². The van der Waals surface area contributed by atoms with Gasteiger partial charge in [0.1, 0.15) is 5.82 Å². The number of aromatic nitrogens is 1. The molecule has 0 aliphatic carbocycles. The van der Waals surface area contributed by atoms with Crippen LogP contribution in [0.5, 0.6) is 0 Å². The lowest BCUT2D eigenvalue weighted by Gasteiger charge is -2.32. The van der Waals surface area contributed by atoms with Gasteiger partial charge in [-0.3, -0.25) is 0 Å². The van der Waals surface area contributed by atoms with E-state index in [0.717, 1.165) is 25.2 Å². The highest BCUT2D eigenvalue weighted by Crippen LogP contribution is 2.40. The average molecular weight is 274 g/mol. The highest BCUT2D eigenvalue weighted by atomic mass is 16.7. The van der Waals surface area contributed by atoms with Crippen molar-refractivity contribution >= 4 is 12.9 Å². The van der Waals surface area contributed by atoms with Crippen LogP contribution in [0.15, 0.2) is 24.4 Å². The van der Waals surface area contributed by atoms with Crippen LogP contribution in [0.25, 0.3) is 0 Å². The van der Waals surface area contributed by atoms with Crippen molar-refractivity contribution in [3.8, 4) is 0 Å². The van der Waals surface area contributed by atoms with Gasteiger partial charge in [0.05, 0.1) is 17.1 Å². The minimum Gasteiger partial charge on any atom is -0.402 e. The van der Waals surface area contributed by atoms with E-state index in [1.807, 2.05) is 18.3 Å². The van der Waals surface area contributed by atoms with Crippen LogP contribution >= 0.6 is 0 Å². The predicted octanol–water partition coefficient (Wildman–Crippen LogP) is 2.68. The van der Waals surface area contributed by atoms with Crippen LogP contribution in [0.3, 0.4) is 0 Å². The molecule has 0 radical (unpaired) electrons. The second-order valence-electron chi connectivity index (χ2n) is 6.72. The van der Waals surface area contributed by atoms with E-state index in [1.165, 1.54) is 0 Å². The van der Waals surface area contributed by atoms with E-state index in [1.54, 1.807) is 0 Å². The molecule has 0 unspecified atom stereocenters. The Morgan fingerprint density at radius 3 is 2.50 bits per heavy atom. The van der Waals surface area contributed by atoms with Gasteiger partial charge in [0.15, 0.2) is 0 Å². The molecule has 5 heteroatoms. The first-order chi connectivity index (χ1) is 9.41.